The maximum atomic E-state index is 12.4. The van der Waals surface area contributed by atoms with Crippen molar-refractivity contribution in [2.45, 2.75) is 30.7 Å². The van der Waals surface area contributed by atoms with Gasteiger partial charge in [0.05, 0.1) is 25.2 Å². The van der Waals surface area contributed by atoms with E-state index in [9.17, 15) is 13.2 Å². The first kappa shape index (κ1) is 24.5. The SMILES string of the molecule is COc1ccc(S(=O)(=O)N(C)C)cc1CCC(=O)NC(C)COc1ccccc1OC. The summed E-state index contributed by atoms with van der Waals surface area (Å²) in [5, 5.41) is 2.89. The molecule has 0 aliphatic heterocycles. The Balaban J connectivity index is 1.95. The van der Waals surface area contributed by atoms with Crippen molar-refractivity contribution >= 4 is 15.9 Å². The minimum absolute atomic E-state index is 0.160. The van der Waals surface area contributed by atoms with Crippen LogP contribution >= 0.6 is 0 Å². The molecular weight excluding hydrogens is 420 g/mol. The number of nitrogens with one attached hydrogen (secondary N) is 1. The fraction of sp³-hybridized carbons (Fsp3) is 0.409. The van der Waals surface area contributed by atoms with Gasteiger partial charge in [-0.1, -0.05) is 12.1 Å². The van der Waals surface area contributed by atoms with Crippen LogP contribution < -0.4 is 19.5 Å². The summed E-state index contributed by atoms with van der Waals surface area (Å²) in [5.41, 5.74) is 0.651. The summed E-state index contributed by atoms with van der Waals surface area (Å²) in [6.45, 7) is 2.13. The Morgan fingerprint density at radius 2 is 1.68 bits per heavy atom. The third-order valence-corrected chi connectivity index (χ3v) is 6.43. The summed E-state index contributed by atoms with van der Waals surface area (Å²) in [5.74, 6) is 1.60. The lowest BCUT2D eigenvalue weighted by atomic mass is 10.1. The average Bonchev–Trinajstić information content (AvgIpc) is 2.76. The van der Waals surface area contributed by atoms with Crippen molar-refractivity contribution in [2.75, 3.05) is 34.9 Å². The molecule has 0 heterocycles. The molecule has 0 fully saturated rings. The Labute approximate surface area is 184 Å². The number of sulfonamides is 1. The van der Waals surface area contributed by atoms with Gasteiger partial charge >= 0.3 is 0 Å². The maximum absolute atomic E-state index is 12.4. The number of benzene rings is 2. The molecule has 9 heteroatoms. The van der Waals surface area contributed by atoms with E-state index in [1.54, 1.807) is 31.4 Å². The molecule has 0 aliphatic rings. The Kier molecular flexibility index (Phi) is 8.70. The number of hydrogen-bond donors (Lipinski definition) is 1. The molecule has 0 aromatic heterocycles. The van der Waals surface area contributed by atoms with Crippen LogP contribution in [0.15, 0.2) is 47.4 Å². The number of rotatable bonds is 11. The van der Waals surface area contributed by atoms with E-state index >= 15 is 0 Å². The number of amides is 1. The molecule has 1 unspecified atom stereocenters. The fourth-order valence-electron chi connectivity index (χ4n) is 2.91. The average molecular weight is 451 g/mol. The molecule has 1 N–H and O–H groups in total. The van der Waals surface area contributed by atoms with E-state index < -0.39 is 10.0 Å². The van der Waals surface area contributed by atoms with Gasteiger partial charge in [0.2, 0.25) is 15.9 Å². The Morgan fingerprint density at radius 1 is 1.03 bits per heavy atom. The van der Waals surface area contributed by atoms with E-state index in [1.807, 2.05) is 19.1 Å². The van der Waals surface area contributed by atoms with Crippen LogP contribution in [0.4, 0.5) is 0 Å². The number of carbonyl (C=O) groups is 1. The summed E-state index contributed by atoms with van der Waals surface area (Å²) >= 11 is 0. The molecule has 1 atom stereocenters. The Hall–Kier alpha value is -2.78. The fourth-order valence-corrected chi connectivity index (χ4v) is 3.86. The Bertz CT molecular complexity index is 991. The highest BCUT2D eigenvalue weighted by Crippen LogP contribution is 2.26. The van der Waals surface area contributed by atoms with Gasteiger partial charge in [0.25, 0.3) is 0 Å². The monoisotopic (exact) mass is 450 g/mol. The molecule has 8 nitrogen and oxygen atoms in total. The molecule has 31 heavy (non-hydrogen) atoms. The molecule has 0 bridgehead atoms. The number of nitrogens with zero attached hydrogens (tertiary/aromatic N) is 1. The lowest BCUT2D eigenvalue weighted by molar-refractivity contribution is -0.121. The molecule has 170 valence electrons. The van der Waals surface area contributed by atoms with Crippen molar-refractivity contribution in [3.8, 4) is 17.2 Å². The zero-order chi connectivity index (χ0) is 23.0. The van der Waals surface area contributed by atoms with Gasteiger partial charge in [0.15, 0.2) is 11.5 Å². The molecule has 0 radical (unpaired) electrons. The Morgan fingerprint density at radius 3 is 2.29 bits per heavy atom. The second kappa shape index (κ2) is 11.0. The summed E-state index contributed by atoms with van der Waals surface area (Å²) in [6, 6.07) is 11.7. The van der Waals surface area contributed by atoms with Gasteiger partial charge in [-0.3, -0.25) is 4.79 Å². The van der Waals surface area contributed by atoms with E-state index in [2.05, 4.69) is 5.32 Å². The minimum atomic E-state index is -3.57. The zero-order valence-corrected chi connectivity index (χ0v) is 19.4. The highest BCUT2D eigenvalue weighted by atomic mass is 32.2. The van der Waals surface area contributed by atoms with Gasteiger partial charge in [0, 0.05) is 20.5 Å². The first-order valence-corrected chi connectivity index (χ1v) is 11.3. The third-order valence-electron chi connectivity index (χ3n) is 4.62. The van der Waals surface area contributed by atoms with Crippen LogP contribution in [0.25, 0.3) is 0 Å². The smallest absolute Gasteiger partial charge is 0.242 e. The van der Waals surface area contributed by atoms with Gasteiger partial charge in [-0.25, -0.2) is 12.7 Å². The third kappa shape index (κ3) is 6.60. The van der Waals surface area contributed by atoms with Crippen molar-refractivity contribution in [3.05, 3.63) is 48.0 Å². The number of para-hydroxylation sites is 2. The lowest BCUT2D eigenvalue weighted by Gasteiger charge is -2.17. The number of hydrogen-bond acceptors (Lipinski definition) is 6. The summed E-state index contributed by atoms with van der Waals surface area (Å²) in [4.78, 5) is 12.6. The van der Waals surface area contributed by atoms with Crippen LogP contribution in [0.3, 0.4) is 0 Å². The predicted octanol–water partition coefficient (Wildman–Crippen LogP) is 2.47. The van der Waals surface area contributed by atoms with Crippen LogP contribution in [-0.4, -0.2) is 59.6 Å². The molecule has 1 amide bonds. The maximum Gasteiger partial charge on any atom is 0.242 e. The van der Waals surface area contributed by atoms with Crippen molar-refractivity contribution in [1.82, 2.24) is 9.62 Å². The lowest BCUT2D eigenvalue weighted by Crippen LogP contribution is -2.36. The normalized spacial score (nSPS) is 12.3. The van der Waals surface area contributed by atoms with E-state index in [4.69, 9.17) is 14.2 Å². The number of methoxy groups -OCH3 is 2. The first-order valence-electron chi connectivity index (χ1n) is 9.83. The largest absolute Gasteiger partial charge is 0.496 e. The van der Waals surface area contributed by atoms with Gasteiger partial charge in [-0.2, -0.15) is 0 Å². The summed E-state index contributed by atoms with van der Waals surface area (Å²) in [6.07, 6.45) is 0.521. The highest BCUT2D eigenvalue weighted by molar-refractivity contribution is 7.89. The summed E-state index contributed by atoms with van der Waals surface area (Å²) in [7, 11) is 2.46. The second-order valence-electron chi connectivity index (χ2n) is 7.19. The molecule has 0 saturated heterocycles. The standard InChI is InChI=1S/C22H30N2O6S/c1-16(15-30-21-9-7-6-8-20(21)29-5)23-22(25)13-10-17-14-18(11-12-19(17)28-4)31(26,27)24(2)3/h6-9,11-12,14,16H,10,13,15H2,1-5H3,(H,23,25). The van der Waals surface area contributed by atoms with Crippen molar-refractivity contribution in [3.63, 3.8) is 0 Å². The quantitative estimate of drug-likeness (QED) is 0.565. The van der Waals surface area contributed by atoms with Gasteiger partial charge in [0.1, 0.15) is 12.4 Å². The molecule has 0 saturated carbocycles. The van der Waals surface area contributed by atoms with Gasteiger partial charge < -0.3 is 19.5 Å². The van der Waals surface area contributed by atoms with Crippen molar-refractivity contribution in [2.24, 2.45) is 0 Å². The summed E-state index contributed by atoms with van der Waals surface area (Å²) < 4.78 is 42.2. The first-order chi connectivity index (χ1) is 14.7. The van der Waals surface area contributed by atoms with Crippen LogP contribution in [0, 0.1) is 0 Å². The van der Waals surface area contributed by atoms with Crippen molar-refractivity contribution in [1.29, 1.82) is 0 Å². The van der Waals surface area contributed by atoms with E-state index in [0.717, 1.165) is 4.31 Å². The molecule has 2 aromatic carbocycles. The molecule has 2 aromatic rings. The van der Waals surface area contributed by atoms with Crippen LogP contribution in [-0.2, 0) is 21.2 Å². The number of aryl methyl sites for hydroxylation is 1. The van der Waals surface area contributed by atoms with Gasteiger partial charge in [-0.05, 0) is 49.2 Å². The van der Waals surface area contributed by atoms with Gasteiger partial charge in [-0.15, -0.1) is 0 Å². The van der Waals surface area contributed by atoms with Crippen LogP contribution in [0.2, 0.25) is 0 Å². The highest BCUT2D eigenvalue weighted by Gasteiger charge is 2.19. The predicted molar refractivity (Wildman–Crippen MR) is 118 cm³/mol. The number of carbonyl (C=O) groups excluding carboxylic acids is 1. The molecule has 0 aliphatic carbocycles. The zero-order valence-electron chi connectivity index (χ0n) is 18.5. The van der Waals surface area contributed by atoms with Crippen molar-refractivity contribution < 1.29 is 27.4 Å². The van der Waals surface area contributed by atoms with E-state index in [1.165, 1.54) is 27.3 Å². The van der Waals surface area contributed by atoms with E-state index in [-0.39, 0.29) is 29.9 Å². The van der Waals surface area contributed by atoms with Crippen LogP contribution in [0.1, 0.15) is 18.9 Å². The topological polar surface area (TPSA) is 94.2 Å². The van der Waals surface area contributed by atoms with Crippen LogP contribution in [0.5, 0.6) is 17.2 Å². The molecule has 0 spiro atoms. The molecule has 2 rings (SSSR count). The van der Waals surface area contributed by atoms with E-state index in [0.29, 0.717) is 29.2 Å². The number of ether oxygens (including phenoxy) is 3. The second-order valence-corrected chi connectivity index (χ2v) is 9.34. The minimum Gasteiger partial charge on any atom is -0.496 e. The molecular formula is C22H30N2O6S.